The maximum atomic E-state index is 8.67. The average molecular weight is 112 g/mol. The Kier molecular flexibility index (Phi) is 3.20. The summed E-state index contributed by atoms with van der Waals surface area (Å²) in [6, 6.07) is 0. The van der Waals surface area contributed by atoms with Gasteiger partial charge in [-0.3, -0.25) is 0 Å². The first kappa shape index (κ1) is 7.44. The molecule has 1 heteroatoms. The molecule has 0 radical (unpaired) electrons. The van der Waals surface area contributed by atoms with E-state index in [-0.39, 0.29) is 6.10 Å². The Morgan fingerprint density at radius 2 is 2.25 bits per heavy atom. The first-order valence-corrected chi connectivity index (χ1v) is 2.64. The van der Waals surface area contributed by atoms with Gasteiger partial charge in [-0.2, -0.15) is 0 Å². The maximum Gasteiger partial charge on any atom is 0.0695 e. The Morgan fingerprint density at radius 3 is 2.38 bits per heavy atom. The van der Waals surface area contributed by atoms with Crippen LogP contribution in [0.15, 0.2) is 24.3 Å². The summed E-state index contributed by atoms with van der Waals surface area (Å²) in [4.78, 5) is 0. The summed E-state index contributed by atoms with van der Waals surface area (Å²) in [5, 5.41) is 8.67. The van der Waals surface area contributed by atoms with E-state index in [2.05, 4.69) is 6.58 Å². The van der Waals surface area contributed by atoms with Crippen LogP contribution in [0.2, 0.25) is 0 Å². The Balaban J connectivity index is 3.50. The zero-order valence-electron chi connectivity index (χ0n) is 5.39. The van der Waals surface area contributed by atoms with Crippen molar-refractivity contribution >= 4 is 0 Å². The van der Waals surface area contributed by atoms with Crippen LogP contribution < -0.4 is 0 Å². The van der Waals surface area contributed by atoms with Gasteiger partial charge in [-0.25, -0.2) is 0 Å². The normalized spacial score (nSPS) is 14.4. The molecular weight excluding hydrogens is 100 g/mol. The zero-order chi connectivity index (χ0) is 6.57. The molecule has 0 saturated carbocycles. The fourth-order valence-corrected chi connectivity index (χ4v) is 0.304. The summed E-state index contributed by atoms with van der Waals surface area (Å²) in [6.45, 7) is 7.22. The fraction of sp³-hybridized carbons (Fsp3) is 0.429. The Bertz CT molecular complexity index is 101. The van der Waals surface area contributed by atoms with Crippen molar-refractivity contribution in [3.05, 3.63) is 24.3 Å². The number of hydrogen-bond acceptors (Lipinski definition) is 1. The first-order valence-electron chi connectivity index (χ1n) is 2.64. The predicted octanol–water partition coefficient (Wildman–Crippen LogP) is 1.50. The van der Waals surface area contributed by atoms with Crippen LogP contribution in [0.4, 0.5) is 0 Å². The van der Waals surface area contributed by atoms with Crippen molar-refractivity contribution in [1.82, 2.24) is 0 Å². The molecule has 0 rings (SSSR count). The minimum Gasteiger partial charge on any atom is -0.389 e. The van der Waals surface area contributed by atoms with Gasteiger partial charge in [0.25, 0.3) is 0 Å². The molecule has 0 saturated heterocycles. The van der Waals surface area contributed by atoms with Gasteiger partial charge < -0.3 is 5.11 Å². The molecular formula is C7H12O. The van der Waals surface area contributed by atoms with E-state index in [0.717, 1.165) is 5.57 Å². The lowest BCUT2D eigenvalue weighted by molar-refractivity contribution is 0.244. The number of allylic oxidation sites excluding steroid dienone is 2. The highest BCUT2D eigenvalue weighted by Gasteiger charge is 1.82. The Hall–Kier alpha value is -0.560. The first-order chi connectivity index (χ1) is 3.63. The standard InChI is InChI=1S/C7H12O/c1-6(2)4-5-7(3)8/h4-5,7-8H,1H2,2-3H3/b5-4-. The molecule has 0 aliphatic carbocycles. The van der Waals surface area contributed by atoms with Crippen LogP contribution in [0.25, 0.3) is 0 Å². The number of rotatable bonds is 2. The monoisotopic (exact) mass is 112 g/mol. The van der Waals surface area contributed by atoms with Crippen molar-refractivity contribution in [3.8, 4) is 0 Å². The lowest BCUT2D eigenvalue weighted by Gasteiger charge is -1.90. The largest absolute Gasteiger partial charge is 0.389 e. The van der Waals surface area contributed by atoms with Gasteiger partial charge in [0.1, 0.15) is 0 Å². The molecule has 0 fully saturated rings. The summed E-state index contributed by atoms with van der Waals surface area (Å²) >= 11 is 0. The van der Waals surface area contributed by atoms with E-state index < -0.39 is 0 Å². The molecule has 0 aromatic carbocycles. The molecule has 0 amide bonds. The highest BCUT2D eigenvalue weighted by Crippen LogP contribution is 1.90. The van der Waals surface area contributed by atoms with Crippen molar-refractivity contribution in [3.63, 3.8) is 0 Å². The molecule has 1 N–H and O–H groups in total. The van der Waals surface area contributed by atoms with Crippen molar-refractivity contribution in [2.75, 3.05) is 0 Å². The van der Waals surface area contributed by atoms with Gasteiger partial charge in [-0.1, -0.05) is 24.3 Å². The van der Waals surface area contributed by atoms with E-state index in [1.165, 1.54) is 0 Å². The minimum atomic E-state index is -0.355. The SMILES string of the molecule is C=C(C)/C=C\C(C)O. The minimum absolute atomic E-state index is 0.355. The third-order valence-corrected chi connectivity index (χ3v) is 0.659. The van der Waals surface area contributed by atoms with Gasteiger partial charge in [0.15, 0.2) is 0 Å². The van der Waals surface area contributed by atoms with Crippen LogP contribution in [0, 0.1) is 0 Å². The van der Waals surface area contributed by atoms with Crippen LogP contribution in [-0.4, -0.2) is 11.2 Å². The van der Waals surface area contributed by atoms with Gasteiger partial charge in [0, 0.05) is 0 Å². The Labute approximate surface area is 50.3 Å². The van der Waals surface area contributed by atoms with Gasteiger partial charge in [-0.05, 0) is 13.8 Å². The van der Waals surface area contributed by atoms with E-state index in [1.54, 1.807) is 19.1 Å². The number of aliphatic hydroxyl groups is 1. The summed E-state index contributed by atoms with van der Waals surface area (Å²) in [5.74, 6) is 0. The molecule has 0 bridgehead atoms. The van der Waals surface area contributed by atoms with Crippen LogP contribution in [-0.2, 0) is 0 Å². The molecule has 1 atom stereocenters. The number of aliphatic hydroxyl groups excluding tert-OH is 1. The van der Waals surface area contributed by atoms with Crippen LogP contribution >= 0.6 is 0 Å². The van der Waals surface area contributed by atoms with Gasteiger partial charge >= 0.3 is 0 Å². The highest BCUT2D eigenvalue weighted by atomic mass is 16.3. The molecule has 1 unspecified atom stereocenters. The lowest BCUT2D eigenvalue weighted by Crippen LogP contribution is -1.91. The quantitative estimate of drug-likeness (QED) is 0.537. The molecule has 1 nitrogen and oxygen atoms in total. The van der Waals surface area contributed by atoms with Crippen molar-refractivity contribution in [1.29, 1.82) is 0 Å². The Morgan fingerprint density at radius 1 is 1.75 bits per heavy atom. The zero-order valence-corrected chi connectivity index (χ0v) is 5.39. The smallest absolute Gasteiger partial charge is 0.0695 e. The second kappa shape index (κ2) is 3.44. The highest BCUT2D eigenvalue weighted by molar-refractivity contribution is 5.11. The van der Waals surface area contributed by atoms with Gasteiger partial charge in [0.2, 0.25) is 0 Å². The van der Waals surface area contributed by atoms with Crippen LogP contribution in [0.3, 0.4) is 0 Å². The summed E-state index contributed by atoms with van der Waals surface area (Å²) in [7, 11) is 0. The molecule has 0 aromatic rings. The maximum absolute atomic E-state index is 8.67. The van der Waals surface area contributed by atoms with E-state index in [9.17, 15) is 0 Å². The predicted molar refractivity (Wildman–Crippen MR) is 35.6 cm³/mol. The average Bonchev–Trinajstić information content (AvgIpc) is 1.61. The molecule has 46 valence electrons. The molecule has 0 aromatic heterocycles. The van der Waals surface area contributed by atoms with Gasteiger partial charge in [0.05, 0.1) is 6.10 Å². The van der Waals surface area contributed by atoms with Crippen LogP contribution in [0.1, 0.15) is 13.8 Å². The molecule has 0 spiro atoms. The third-order valence-electron chi connectivity index (χ3n) is 0.659. The molecule has 0 aliphatic rings. The summed E-state index contributed by atoms with van der Waals surface area (Å²) < 4.78 is 0. The molecule has 8 heavy (non-hydrogen) atoms. The van der Waals surface area contributed by atoms with Crippen molar-refractivity contribution < 1.29 is 5.11 Å². The number of hydrogen-bond donors (Lipinski definition) is 1. The lowest BCUT2D eigenvalue weighted by atomic mass is 10.3. The molecule has 0 aliphatic heterocycles. The molecule has 0 heterocycles. The second-order valence-corrected chi connectivity index (χ2v) is 1.95. The van der Waals surface area contributed by atoms with E-state index in [4.69, 9.17) is 5.11 Å². The second-order valence-electron chi connectivity index (χ2n) is 1.95. The van der Waals surface area contributed by atoms with E-state index >= 15 is 0 Å². The summed E-state index contributed by atoms with van der Waals surface area (Å²) in [5.41, 5.74) is 0.964. The van der Waals surface area contributed by atoms with Crippen molar-refractivity contribution in [2.45, 2.75) is 20.0 Å². The topological polar surface area (TPSA) is 20.2 Å². The van der Waals surface area contributed by atoms with Gasteiger partial charge in [-0.15, -0.1) is 0 Å². The van der Waals surface area contributed by atoms with Crippen molar-refractivity contribution in [2.24, 2.45) is 0 Å². The third kappa shape index (κ3) is 5.44. The van der Waals surface area contributed by atoms with E-state index in [1.807, 2.05) is 6.92 Å². The van der Waals surface area contributed by atoms with E-state index in [0.29, 0.717) is 0 Å². The summed E-state index contributed by atoms with van der Waals surface area (Å²) in [6.07, 6.45) is 3.14. The van der Waals surface area contributed by atoms with Crippen LogP contribution in [0.5, 0.6) is 0 Å². The fourth-order valence-electron chi connectivity index (χ4n) is 0.304.